The third kappa shape index (κ3) is 3.76. The second-order valence-corrected chi connectivity index (χ2v) is 5.09. The molecule has 0 heterocycles. The van der Waals surface area contributed by atoms with Crippen LogP contribution in [-0.2, 0) is 0 Å². The fourth-order valence-electron chi connectivity index (χ4n) is 2.56. The molecular weight excluding hydrogens is 260 g/mol. The summed E-state index contributed by atoms with van der Waals surface area (Å²) in [6, 6.07) is 19.0. The lowest BCUT2D eigenvalue weighted by molar-refractivity contribution is 0.412. The highest BCUT2D eigenvalue weighted by Gasteiger charge is 2.18. The summed E-state index contributed by atoms with van der Waals surface area (Å²) in [7, 11) is 1.72. The van der Waals surface area contributed by atoms with E-state index in [1.807, 2.05) is 24.3 Å². The Bertz CT molecular complexity index is 542. The molecule has 2 aromatic carbocycles. The molecule has 0 radical (unpaired) electrons. The third-order valence-electron chi connectivity index (χ3n) is 3.75. The van der Waals surface area contributed by atoms with Crippen LogP contribution in [0.15, 0.2) is 54.6 Å². The van der Waals surface area contributed by atoms with E-state index in [9.17, 15) is 0 Å². The first-order valence-corrected chi connectivity index (χ1v) is 7.42. The minimum atomic E-state index is 0.272. The zero-order valence-electron chi connectivity index (χ0n) is 12.8. The molecule has 0 aliphatic heterocycles. The quantitative estimate of drug-likeness (QED) is 0.844. The van der Waals surface area contributed by atoms with E-state index in [0.717, 1.165) is 24.4 Å². The van der Waals surface area contributed by atoms with Crippen molar-refractivity contribution in [1.29, 1.82) is 0 Å². The minimum absolute atomic E-state index is 0.272. The van der Waals surface area contributed by atoms with Gasteiger partial charge in [0, 0.05) is 6.54 Å². The van der Waals surface area contributed by atoms with Crippen LogP contribution in [0.3, 0.4) is 0 Å². The highest BCUT2D eigenvalue weighted by Crippen LogP contribution is 2.34. The molecule has 21 heavy (non-hydrogen) atoms. The van der Waals surface area contributed by atoms with Gasteiger partial charge < -0.3 is 15.4 Å². The minimum Gasteiger partial charge on any atom is -0.495 e. The van der Waals surface area contributed by atoms with Crippen LogP contribution in [0.1, 0.15) is 24.9 Å². The molecule has 0 aromatic heterocycles. The Labute approximate surface area is 127 Å². The normalized spacial score (nSPS) is 12.0. The van der Waals surface area contributed by atoms with Crippen molar-refractivity contribution in [3.8, 4) is 5.75 Å². The Kier molecular flexibility index (Phi) is 5.64. The summed E-state index contributed by atoms with van der Waals surface area (Å²) in [5, 5.41) is 0. The second kappa shape index (κ2) is 7.70. The van der Waals surface area contributed by atoms with Gasteiger partial charge in [0.25, 0.3) is 0 Å². The molecular formula is C18H24N2O. The van der Waals surface area contributed by atoms with E-state index in [2.05, 4.69) is 42.2 Å². The van der Waals surface area contributed by atoms with Crippen molar-refractivity contribution >= 4 is 5.69 Å². The van der Waals surface area contributed by atoms with Crippen molar-refractivity contribution in [2.45, 2.75) is 19.4 Å². The fourth-order valence-corrected chi connectivity index (χ4v) is 2.56. The maximum Gasteiger partial charge on any atom is 0.142 e. The molecule has 3 heteroatoms. The number of ether oxygens (including phenoxy) is 1. The standard InChI is InChI=1S/C18H24N2O/c1-15(16-9-4-3-5-10-16)20(14-8-13-19)17-11-6-7-12-18(17)21-2/h3-7,9-12,15H,8,13-14,19H2,1-2H3. The van der Waals surface area contributed by atoms with Crippen LogP contribution in [0.25, 0.3) is 0 Å². The number of methoxy groups -OCH3 is 1. The van der Waals surface area contributed by atoms with Gasteiger partial charge in [-0.2, -0.15) is 0 Å². The first kappa shape index (κ1) is 15.4. The molecule has 0 amide bonds. The summed E-state index contributed by atoms with van der Waals surface area (Å²) in [4.78, 5) is 2.36. The van der Waals surface area contributed by atoms with Crippen LogP contribution in [-0.4, -0.2) is 20.2 Å². The van der Waals surface area contributed by atoms with Crippen LogP contribution >= 0.6 is 0 Å². The van der Waals surface area contributed by atoms with Gasteiger partial charge in [-0.3, -0.25) is 0 Å². The largest absolute Gasteiger partial charge is 0.495 e. The van der Waals surface area contributed by atoms with Gasteiger partial charge in [-0.25, -0.2) is 0 Å². The van der Waals surface area contributed by atoms with Crippen LogP contribution in [0.2, 0.25) is 0 Å². The first-order chi connectivity index (χ1) is 10.3. The number of nitrogens with two attached hydrogens (primary N) is 1. The number of anilines is 1. The monoisotopic (exact) mass is 284 g/mol. The smallest absolute Gasteiger partial charge is 0.142 e. The molecule has 0 bridgehead atoms. The van der Waals surface area contributed by atoms with Gasteiger partial charge in [-0.1, -0.05) is 42.5 Å². The van der Waals surface area contributed by atoms with E-state index in [4.69, 9.17) is 10.5 Å². The van der Waals surface area contributed by atoms with Gasteiger partial charge in [0.05, 0.1) is 18.8 Å². The molecule has 3 nitrogen and oxygen atoms in total. The lowest BCUT2D eigenvalue weighted by Crippen LogP contribution is -2.29. The third-order valence-corrected chi connectivity index (χ3v) is 3.75. The van der Waals surface area contributed by atoms with E-state index in [-0.39, 0.29) is 6.04 Å². The summed E-state index contributed by atoms with van der Waals surface area (Å²) in [6.45, 7) is 3.82. The lowest BCUT2D eigenvalue weighted by Gasteiger charge is -2.32. The Morgan fingerprint density at radius 2 is 1.71 bits per heavy atom. The Morgan fingerprint density at radius 3 is 2.38 bits per heavy atom. The molecule has 0 saturated heterocycles. The average molecular weight is 284 g/mol. The SMILES string of the molecule is COc1ccccc1N(CCCN)C(C)c1ccccc1. The van der Waals surface area contributed by atoms with E-state index < -0.39 is 0 Å². The number of benzene rings is 2. The van der Waals surface area contributed by atoms with Crippen molar-refractivity contribution in [1.82, 2.24) is 0 Å². The topological polar surface area (TPSA) is 38.5 Å². The maximum atomic E-state index is 5.71. The molecule has 112 valence electrons. The summed E-state index contributed by atoms with van der Waals surface area (Å²) in [5.74, 6) is 0.900. The Hall–Kier alpha value is -2.00. The number of nitrogens with zero attached hydrogens (tertiary/aromatic N) is 1. The predicted molar refractivity (Wildman–Crippen MR) is 88.9 cm³/mol. The molecule has 2 N–H and O–H groups in total. The van der Waals surface area contributed by atoms with Crippen molar-refractivity contribution in [2.75, 3.05) is 25.1 Å². The van der Waals surface area contributed by atoms with E-state index >= 15 is 0 Å². The summed E-state index contributed by atoms with van der Waals surface area (Å²) >= 11 is 0. The van der Waals surface area contributed by atoms with Gasteiger partial charge in [-0.05, 0) is 37.6 Å². The Balaban J connectivity index is 2.33. The fraction of sp³-hybridized carbons (Fsp3) is 0.333. The molecule has 0 aliphatic rings. The predicted octanol–water partition coefficient (Wildman–Crippen LogP) is 3.61. The van der Waals surface area contributed by atoms with Crippen LogP contribution < -0.4 is 15.4 Å². The van der Waals surface area contributed by atoms with Gasteiger partial charge in [0.2, 0.25) is 0 Å². The van der Waals surface area contributed by atoms with Crippen molar-refractivity contribution in [3.05, 3.63) is 60.2 Å². The summed E-state index contributed by atoms with van der Waals surface area (Å²) in [6.07, 6.45) is 0.954. The van der Waals surface area contributed by atoms with Crippen molar-refractivity contribution in [2.24, 2.45) is 5.73 Å². The summed E-state index contributed by atoms with van der Waals surface area (Å²) < 4.78 is 5.52. The maximum absolute atomic E-state index is 5.71. The van der Waals surface area contributed by atoms with E-state index in [1.165, 1.54) is 5.56 Å². The highest BCUT2D eigenvalue weighted by atomic mass is 16.5. The zero-order chi connectivity index (χ0) is 15.1. The van der Waals surface area contributed by atoms with Crippen molar-refractivity contribution in [3.63, 3.8) is 0 Å². The Morgan fingerprint density at radius 1 is 1.05 bits per heavy atom. The van der Waals surface area contributed by atoms with Gasteiger partial charge in [0.1, 0.15) is 5.75 Å². The first-order valence-electron chi connectivity index (χ1n) is 7.42. The average Bonchev–Trinajstić information content (AvgIpc) is 2.56. The molecule has 0 saturated carbocycles. The molecule has 1 atom stereocenters. The highest BCUT2D eigenvalue weighted by molar-refractivity contribution is 5.59. The van der Waals surface area contributed by atoms with Crippen molar-refractivity contribution < 1.29 is 4.74 Å². The number of hydrogen-bond acceptors (Lipinski definition) is 3. The van der Waals surface area contributed by atoms with Gasteiger partial charge >= 0.3 is 0 Å². The van der Waals surface area contributed by atoms with Crippen LogP contribution in [0.5, 0.6) is 5.75 Å². The molecule has 0 spiro atoms. The number of hydrogen-bond donors (Lipinski definition) is 1. The van der Waals surface area contributed by atoms with Gasteiger partial charge in [0.15, 0.2) is 0 Å². The van der Waals surface area contributed by atoms with E-state index in [0.29, 0.717) is 6.54 Å². The summed E-state index contributed by atoms with van der Waals surface area (Å²) in [5.41, 5.74) is 8.11. The second-order valence-electron chi connectivity index (χ2n) is 5.09. The number of rotatable bonds is 7. The molecule has 0 aliphatic carbocycles. The molecule has 2 rings (SSSR count). The lowest BCUT2D eigenvalue weighted by atomic mass is 10.1. The molecule has 2 aromatic rings. The molecule has 1 unspecified atom stereocenters. The van der Waals surface area contributed by atoms with Crippen LogP contribution in [0, 0.1) is 0 Å². The molecule has 0 fully saturated rings. The zero-order valence-corrected chi connectivity index (χ0v) is 12.8. The number of para-hydroxylation sites is 2. The van der Waals surface area contributed by atoms with Gasteiger partial charge in [-0.15, -0.1) is 0 Å². The van der Waals surface area contributed by atoms with E-state index in [1.54, 1.807) is 7.11 Å². The van der Waals surface area contributed by atoms with Crippen LogP contribution in [0.4, 0.5) is 5.69 Å².